The monoisotopic (exact) mass is 203 g/mol. The van der Waals surface area contributed by atoms with Crippen LogP contribution in [0.2, 0.25) is 0 Å². The first kappa shape index (κ1) is 9.72. The van der Waals surface area contributed by atoms with Gasteiger partial charge in [0.25, 0.3) is 5.56 Å². The van der Waals surface area contributed by atoms with Crippen LogP contribution in [0, 0.1) is 0 Å². The summed E-state index contributed by atoms with van der Waals surface area (Å²) in [7, 11) is -1.93. The Hall–Kier alpha value is -1.37. The lowest BCUT2D eigenvalue weighted by atomic mass is 10.6. The summed E-state index contributed by atoms with van der Waals surface area (Å²) < 4.78 is 24.8. The molecule has 72 valence electrons. The van der Waals surface area contributed by atoms with Crippen LogP contribution in [0.15, 0.2) is 17.2 Å². The molecule has 0 radical (unpaired) electrons. The third-order valence-electron chi connectivity index (χ3n) is 1.30. The van der Waals surface area contributed by atoms with E-state index >= 15 is 0 Å². The number of aromatic nitrogens is 2. The summed E-state index contributed by atoms with van der Waals surface area (Å²) in [5.74, 6) is -0.187. The highest BCUT2D eigenvalue weighted by Gasteiger charge is 2.07. The zero-order chi connectivity index (χ0) is 10.1. The molecule has 0 atom stereocenters. The maximum absolute atomic E-state index is 11.2. The third kappa shape index (κ3) is 2.55. The highest BCUT2D eigenvalue weighted by atomic mass is 32.2. The van der Waals surface area contributed by atoms with Crippen LogP contribution in [-0.2, 0) is 17.1 Å². The van der Waals surface area contributed by atoms with E-state index in [9.17, 15) is 13.2 Å². The van der Waals surface area contributed by atoms with Gasteiger partial charge >= 0.3 is 0 Å². The molecule has 0 unspecified atom stereocenters. The van der Waals surface area contributed by atoms with E-state index in [2.05, 4.69) is 4.98 Å². The molecule has 0 saturated heterocycles. The average molecular weight is 203 g/mol. The van der Waals surface area contributed by atoms with Crippen molar-refractivity contribution in [2.45, 2.75) is 0 Å². The topological polar surface area (TPSA) is 81.1 Å². The van der Waals surface area contributed by atoms with Crippen molar-refractivity contribution >= 4 is 15.8 Å². The average Bonchev–Trinajstić information content (AvgIpc) is 1.96. The summed E-state index contributed by atoms with van der Waals surface area (Å²) >= 11 is 0. The van der Waals surface area contributed by atoms with Crippen molar-refractivity contribution in [2.24, 2.45) is 7.05 Å². The van der Waals surface area contributed by atoms with E-state index in [-0.39, 0.29) is 5.82 Å². The second-order valence-corrected chi connectivity index (χ2v) is 4.31. The van der Waals surface area contributed by atoms with E-state index in [1.54, 1.807) is 0 Å². The third-order valence-corrected chi connectivity index (χ3v) is 1.86. The number of aryl methyl sites for hydroxylation is 1. The molecule has 0 aliphatic carbocycles. The first-order valence-corrected chi connectivity index (χ1v) is 5.29. The number of sulfonamides is 1. The quantitative estimate of drug-likeness (QED) is 0.679. The Kier molecular flexibility index (Phi) is 2.37. The van der Waals surface area contributed by atoms with E-state index < -0.39 is 15.6 Å². The zero-order valence-electron chi connectivity index (χ0n) is 7.18. The molecule has 0 saturated carbocycles. The normalized spacial score (nSPS) is 11.2. The van der Waals surface area contributed by atoms with Gasteiger partial charge in [-0.2, -0.15) is 0 Å². The van der Waals surface area contributed by atoms with Gasteiger partial charge in [0.2, 0.25) is 15.8 Å². The summed E-state index contributed by atoms with van der Waals surface area (Å²) in [5.41, 5.74) is -0.479. The smallest absolute Gasteiger partial charge is 0.294 e. The summed E-state index contributed by atoms with van der Waals surface area (Å²) in [6, 6.07) is 0. The number of nitrogens with one attached hydrogen (secondary N) is 1. The van der Waals surface area contributed by atoms with Crippen molar-refractivity contribution in [3.8, 4) is 0 Å². The number of hydrogen-bond donors (Lipinski definition) is 1. The number of hydrogen-bond acceptors (Lipinski definition) is 4. The molecule has 0 fully saturated rings. The lowest BCUT2D eigenvalue weighted by Gasteiger charge is -2.02. The van der Waals surface area contributed by atoms with Crippen molar-refractivity contribution in [1.29, 1.82) is 0 Å². The van der Waals surface area contributed by atoms with E-state index in [0.29, 0.717) is 0 Å². The lowest BCUT2D eigenvalue weighted by molar-refractivity contribution is 0.606. The second-order valence-electron chi connectivity index (χ2n) is 2.57. The lowest BCUT2D eigenvalue weighted by Crippen LogP contribution is -2.24. The molecule has 1 N–H and O–H groups in total. The van der Waals surface area contributed by atoms with Gasteiger partial charge in [-0.1, -0.05) is 0 Å². The molecule has 1 aromatic rings. The van der Waals surface area contributed by atoms with Crippen LogP contribution >= 0.6 is 0 Å². The van der Waals surface area contributed by atoms with E-state index in [0.717, 1.165) is 6.26 Å². The van der Waals surface area contributed by atoms with Crippen molar-refractivity contribution < 1.29 is 8.42 Å². The molecule has 0 spiro atoms. The predicted molar refractivity (Wildman–Crippen MR) is 47.9 cm³/mol. The van der Waals surface area contributed by atoms with Gasteiger partial charge in [0.1, 0.15) is 0 Å². The van der Waals surface area contributed by atoms with Crippen molar-refractivity contribution in [1.82, 2.24) is 9.55 Å². The fraction of sp³-hybridized carbons (Fsp3) is 0.333. The second kappa shape index (κ2) is 3.17. The molecule has 1 rings (SSSR count). The summed E-state index contributed by atoms with van der Waals surface area (Å²) in [6.45, 7) is 0. The molecule has 13 heavy (non-hydrogen) atoms. The largest absolute Gasteiger partial charge is 0.314 e. The van der Waals surface area contributed by atoms with Gasteiger partial charge in [0.15, 0.2) is 0 Å². The molecular formula is C6H9N3O3S. The highest BCUT2D eigenvalue weighted by Crippen LogP contribution is 1.94. The highest BCUT2D eigenvalue weighted by molar-refractivity contribution is 7.92. The number of rotatable bonds is 2. The fourth-order valence-corrected chi connectivity index (χ4v) is 1.23. The minimum absolute atomic E-state index is 0.187. The van der Waals surface area contributed by atoms with Crippen LogP contribution in [0.4, 0.5) is 5.82 Å². The van der Waals surface area contributed by atoms with Crippen molar-refractivity contribution in [3.05, 3.63) is 22.7 Å². The fourth-order valence-electron chi connectivity index (χ4n) is 0.743. The Morgan fingerprint density at radius 3 is 2.69 bits per heavy atom. The first-order valence-electron chi connectivity index (χ1n) is 3.39. The van der Waals surface area contributed by atoms with E-state index in [4.69, 9.17) is 0 Å². The Bertz CT molecular complexity index is 462. The van der Waals surface area contributed by atoms with E-state index in [1.807, 2.05) is 4.72 Å². The SMILES string of the molecule is Cn1ccnc(NS(C)(=O)=O)c1=O. The van der Waals surface area contributed by atoms with Gasteiger partial charge in [0.05, 0.1) is 6.26 Å². The van der Waals surface area contributed by atoms with Gasteiger partial charge < -0.3 is 4.57 Å². The molecule has 0 aliphatic heterocycles. The van der Waals surface area contributed by atoms with Gasteiger partial charge in [-0.05, 0) is 0 Å². The van der Waals surface area contributed by atoms with Crippen LogP contribution < -0.4 is 10.3 Å². The minimum Gasteiger partial charge on any atom is -0.314 e. The van der Waals surface area contributed by atoms with Crippen LogP contribution in [0.5, 0.6) is 0 Å². The maximum Gasteiger partial charge on any atom is 0.294 e. The zero-order valence-corrected chi connectivity index (χ0v) is 8.00. The van der Waals surface area contributed by atoms with E-state index in [1.165, 1.54) is 24.0 Å². The Morgan fingerprint density at radius 2 is 2.15 bits per heavy atom. The van der Waals surface area contributed by atoms with Crippen LogP contribution in [-0.4, -0.2) is 24.2 Å². The van der Waals surface area contributed by atoms with Gasteiger partial charge in [-0.25, -0.2) is 13.4 Å². The summed E-state index contributed by atoms with van der Waals surface area (Å²) in [5, 5.41) is 0. The number of nitrogens with zero attached hydrogens (tertiary/aromatic N) is 2. The Labute approximate surface area is 75.3 Å². The molecule has 7 heteroatoms. The van der Waals surface area contributed by atoms with Crippen molar-refractivity contribution in [2.75, 3.05) is 11.0 Å². The van der Waals surface area contributed by atoms with Crippen LogP contribution in [0.1, 0.15) is 0 Å². The standard InChI is InChI=1S/C6H9N3O3S/c1-9-4-3-7-5(6(9)10)8-13(2,11)12/h3-4H,1-2H3,(H,7,8). The van der Waals surface area contributed by atoms with Gasteiger partial charge in [0, 0.05) is 19.4 Å². The molecule has 0 aliphatic rings. The molecule has 0 aromatic carbocycles. The van der Waals surface area contributed by atoms with Crippen LogP contribution in [0.25, 0.3) is 0 Å². The van der Waals surface area contributed by atoms with Crippen LogP contribution in [0.3, 0.4) is 0 Å². The maximum atomic E-state index is 11.2. The summed E-state index contributed by atoms with van der Waals surface area (Å²) in [4.78, 5) is 14.8. The molecular weight excluding hydrogens is 194 g/mol. The molecule has 0 bridgehead atoms. The molecule has 0 amide bonds. The predicted octanol–water partition coefficient (Wildman–Crippen LogP) is -0.848. The van der Waals surface area contributed by atoms with Gasteiger partial charge in [-0.3, -0.25) is 9.52 Å². The Morgan fingerprint density at radius 1 is 1.54 bits per heavy atom. The molecule has 1 aromatic heterocycles. The van der Waals surface area contributed by atoms with Crippen molar-refractivity contribution in [3.63, 3.8) is 0 Å². The summed E-state index contributed by atoms with van der Waals surface area (Å²) in [6.07, 6.45) is 3.74. The number of anilines is 1. The first-order chi connectivity index (χ1) is 5.90. The Balaban J connectivity index is 3.18. The minimum atomic E-state index is -3.44. The molecule has 6 nitrogen and oxygen atoms in total. The molecule has 1 heterocycles. The van der Waals surface area contributed by atoms with Gasteiger partial charge in [-0.15, -0.1) is 0 Å².